The van der Waals surface area contributed by atoms with Gasteiger partial charge in [0.05, 0.1) is 22.8 Å². The zero-order valence-electron chi connectivity index (χ0n) is 39.8. The molecule has 0 fully saturated rings. The van der Waals surface area contributed by atoms with E-state index in [0.717, 1.165) is 129 Å². The Morgan fingerprint density at radius 3 is 0.865 bits per heavy atom. The van der Waals surface area contributed by atoms with E-state index in [-0.39, 0.29) is 10.2 Å². The highest BCUT2D eigenvalue weighted by Crippen LogP contribution is 2.39. The van der Waals surface area contributed by atoms with Crippen molar-refractivity contribution in [2.45, 2.75) is 23.6 Å². The van der Waals surface area contributed by atoms with Crippen LogP contribution in [-0.2, 0) is 9.59 Å². The first kappa shape index (κ1) is 48.8. The summed E-state index contributed by atoms with van der Waals surface area (Å²) in [6, 6.07) is 57.9. The molecule has 2 N–H and O–H groups in total. The summed E-state index contributed by atoms with van der Waals surface area (Å²) in [4.78, 5) is 43.7. The molecule has 10 heteroatoms. The van der Waals surface area contributed by atoms with Gasteiger partial charge in [-0.15, -0.1) is 0 Å². The second-order valence-electron chi connectivity index (χ2n) is 17.4. The molecule has 0 saturated carbocycles. The molecule has 11 rings (SSSR count). The van der Waals surface area contributed by atoms with E-state index < -0.39 is 0 Å². The minimum Gasteiger partial charge on any atom is -0.354 e. The third-order valence-corrected chi connectivity index (χ3v) is 15.3. The van der Waals surface area contributed by atoms with Crippen LogP contribution in [0.4, 0.5) is 0 Å². The molecular formula is C64H40I2N4O2S2. The molecule has 6 nitrogen and oxygen atoms in total. The van der Waals surface area contributed by atoms with Crippen LogP contribution in [0.1, 0.15) is 58.9 Å². The van der Waals surface area contributed by atoms with Gasteiger partial charge in [0.1, 0.15) is 0 Å². The number of thioether (sulfide) groups is 2. The number of aromatic amines is 2. The Labute approximate surface area is 464 Å². The van der Waals surface area contributed by atoms with Gasteiger partial charge in [-0.2, -0.15) is 0 Å². The predicted molar refractivity (Wildman–Crippen MR) is 324 cm³/mol. The summed E-state index contributed by atoms with van der Waals surface area (Å²) in [5, 5.41) is 0.106. The van der Waals surface area contributed by atoms with Gasteiger partial charge in [0, 0.05) is 97.4 Å². The number of halogens is 2. The molecule has 6 aromatic carbocycles. The van der Waals surface area contributed by atoms with E-state index in [1.54, 1.807) is 13.8 Å². The van der Waals surface area contributed by atoms with E-state index in [2.05, 4.69) is 224 Å². The molecule has 74 heavy (non-hydrogen) atoms. The molecule has 0 saturated heterocycles. The zero-order chi connectivity index (χ0) is 50.7. The fourth-order valence-electron chi connectivity index (χ4n) is 8.93. The van der Waals surface area contributed by atoms with Crippen LogP contribution in [0.15, 0.2) is 180 Å². The average Bonchev–Trinajstić information content (AvgIpc) is 4.26. The number of hydrogen-bond donors (Lipinski definition) is 2. The number of nitrogens with one attached hydrogen (secondary N) is 2. The maximum atomic E-state index is 11.6. The van der Waals surface area contributed by atoms with Crippen LogP contribution in [0.2, 0.25) is 0 Å². The van der Waals surface area contributed by atoms with Crippen LogP contribution in [-0.4, -0.2) is 30.2 Å². The molecule has 5 heterocycles. The van der Waals surface area contributed by atoms with E-state index in [9.17, 15) is 9.59 Å². The number of carbonyl (C=O) groups excluding carboxylic acids is 2. The van der Waals surface area contributed by atoms with E-state index >= 15 is 0 Å². The van der Waals surface area contributed by atoms with E-state index in [1.165, 1.54) is 23.5 Å². The highest BCUT2D eigenvalue weighted by atomic mass is 127. The lowest BCUT2D eigenvalue weighted by molar-refractivity contribution is -0.109. The molecule has 0 radical (unpaired) electrons. The number of fused-ring (bicyclic) bond motifs is 8. The average molecular weight is 1210 g/mol. The van der Waals surface area contributed by atoms with Gasteiger partial charge in [0.15, 0.2) is 10.2 Å². The monoisotopic (exact) mass is 1210 g/mol. The van der Waals surface area contributed by atoms with Gasteiger partial charge < -0.3 is 9.97 Å². The number of rotatable bonds is 6. The third kappa shape index (κ3) is 10.9. The number of benzene rings is 6. The summed E-state index contributed by atoms with van der Waals surface area (Å²) in [6.45, 7) is 3.14. The van der Waals surface area contributed by atoms with Crippen molar-refractivity contribution in [2.75, 3.05) is 0 Å². The minimum absolute atomic E-state index is 0.0528. The number of aromatic nitrogens is 4. The van der Waals surface area contributed by atoms with Crippen LogP contribution in [0, 0.1) is 30.8 Å². The molecular weight excluding hydrogens is 1170 g/mol. The van der Waals surface area contributed by atoms with Crippen molar-refractivity contribution in [3.63, 3.8) is 0 Å². The highest BCUT2D eigenvalue weighted by Gasteiger charge is 2.19. The van der Waals surface area contributed by atoms with Gasteiger partial charge in [-0.05, 0) is 213 Å². The lowest BCUT2D eigenvalue weighted by atomic mass is 10.0. The molecule has 0 atom stereocenters. The van der Waals surface area contributed by atoms with Crippen LogP contribution in [0.5, 0.6) is 0 Å². The number of H-pyrrole nitrogens is 2. The summed E-state index contributed by atoms with van der Waals surface area (Å²) in [7, 11) is 0. The lowest BCUT2D eigenvalue weighted by Crippen LogP contribution is -1.90. The van der Waals surface area contributed by atoms with Crippen molar-refractivity contribution in [3.8, 4) is 68.2 Å². The molecule has 0 spiro atoms. The molecule has 0 aliphatic carbocycles. The van der Waals surface area contributed by atoms with Crippen molar-refractivity contribution >= 4 is 125 Å². The Balaban J connectivity index is 1.10. The van der Waals surface area contributed by atoms with Crippen molar-refractivity contribution in [2.24, 2.45) is 0 Å². The number of nitrogens with zero attached hydrogens (tertiary/aromatic N) is 2. The van der Waals surface area contributed by atoms with Crippen LogP contribution in [0.3, 0.4) is 0 Å². The van der Waals surface area contributed by atoms with Crippen molar-refractivity contribution < 1.29 is 9.59 Å². The van der Waals surface area contributed by atoms with Crippen LogP contribution < -0.4 is 0 Å². The molecule has 3 aromatic heterocycles. The van der Waals surface area contributed by atoms with Gasteiger partial charge in [-0.25, -0.2) is 9.97 Å². The largest absolute Gasteiger partial charge is 0.354 e. The summed E-state index contributed by atoms with van der Waals surface area (Å²) >= 11 is 7.13. The topological polar surface area (TPSA) is 91.5 Å². The molecule has 2 aliphatic rings. The summed E-state index contributed by atoms with van der Waals surface area (Å²) in [5.41, 5.74) is 18.3. The predicted octanol–water partition coefficient (Wildman–Crippen LogP) is 16.6. The Bertz CT molecular complexity index is 3790. The smallest absolute Gasteiger partial charge is 0.190 e. The molecule has 2 aliphatic heterocycles. The Morgan fingerprint density at radius 1 is 0.365 bits per heavy atom. The van der Waals surface area contributed by atoms with Crippen molar-refractivity contribution in [3.05, 3.63) is 222 Å². The van der Waals surface area contributed by atoms with E-state index in [1.807, 2.05) is 48.5 Å². The third-order valence-electron chi connectivity index (χ3n) is 12.3. The maximum Gasteiger partial charge on any atom is 0.190 e. The first-order chi connectivity index (χ1) is 36.1. The Morgan fingerprint density at radius 2 is 0.608 bits per heavy atom. The molecule has 9 aromatic rings. The molecule has 354 valence electrons. The summed E-state index contributed by atoms with van der Waals surface area (Å²) in [5.74, 6) is 13.2. The molecule has 8 bridgehead atoms. The fraction of sp³-hybridized carbons (Fsp3) is 0.0312. The summed E-state index contributed by atoms with van der Waals surface area (Å²) in [6.07, 6.45) is 8.45. The summed E-state index contributed by atoms with van der Waals surface area (Å²) < 4.78 is 2.28. The zero-order valence-corrected chi connectivity index (χ0v) is 45.7. The van der Waals surface area contributed by atoms with Gasteiger partial charge >= 0.3 is 0 Å². The van der Waals surface area contributed by atoms with Crippen LogP contribution in [0.25, 0.3) is 90.9 Å². The number of carbonyl (C=O) groups is 2. The normalized spacial score (nSPS) is 11.4. The standard InChI is InChI=1S/C64H40I2N4O2S2/c1-39(71)73-51-27-11-43(12-28-51)5-3-41-7-15-45(16-8-41)61-53-31-35-57(67-53)63(47-19-23-49(65)24-20-47)59-37-33-55(69-59)62(46-17-9-42(10-18-46)4-6-44-13-29-52(30-14-44)74-40(2)72)56-34-38-60(70-56)64(58-36-32-54(61)68-58)48-21-25-50(66)26-22-48/h7-38,67,70H,1-2H3. The van der Waals surface area contributed by atoms with Gasteiger partial charge in [0.25, 0.3) is 0 Å². The molecule has 0 unspecified atom stereocenters. The first-order valence-electron chi connectivity index (χ1n) is 23.6. The van der Waals surface area contributed by atoms with E-state index in [4.69, 9.17) is 9.97 Å². The maximum absolute atomic E-state index is 11.6. The van der Waals surface area contributed by atoms with Crippen LogP contribution >= 0.6 is 68.7 Å². The highest BCUT2D eigenvalue weighted by molar-refractivity contribution is 14.1. The minimum atomic E-state index is 0.0528. The van der Waals surface area contributed by atoms with Crippen molar-refractivity contribution in [1.82, 2.24) is 19.9 Å². The van der Waals surface area contributed by atoms with Gasteiger partial charge in [0.2, 0.25) is 0 Å². The van der Waals surface area contributed by atoms with E-state index in [0.29, 0.717) is 0 Å². The quantitative estimate of drug-likeness (QED) is 0.0979. The van der Waals surface area contributed by atoms with Gasteiger partial charge in [-0.3, -0.25) is 9.59 Å². The Hall–Kier alpha value is -7.46. The number of hydrogen-bond acceptors (Lipinski definition) is 6. The van der Waals surface area contributed by atoms with Gasteiger partial charge in [-0.1, -0.05) is 95.7 Å². The Kier molecular flexibility index (Phi) is 14.2. The molecule has 0 amide bonds. The second-order valence-corrected chi connectivity index (χ2v) is 22.4. The second kappa shape index (κ2) is 21.6. The fourth-order valence-corrected chi connectivity index (χ4v) is 10.9. The lowest BCUT2D eigenvalue weighted by Gasteiger charge is -2.07. The van der Waals surface area contributed by atoms with Crippen molar-refractivity contribution in [1.29, 1.82) is 0 Å². The SMILES string of the molecule is CC(=O)Sc1ccc(C#Cc2ccc(-c3c4nc(c(-c5ccc(I)cc5)c5ccc([nH]5)c(-c5ccc(C#Cc6ccc(SC(C)=O)cc6)cc5)c5nc(c(-c6ccc(I)cc6)c6ccc3[nH]6)C=C5)C=C4)cc2)cc1. The first-order valence-corrected chi connectivity index (χ1v) is 27.4.